The van der Waals surface area contributed by atoms with E-state index >= 15 is 0 Å². The van der Waals surface area contributed by atoms with Crippen LogP contribution in [-0.4, -0.2) is 29.2 Å². The number of hydrogen-bond acceptors (Lipinski definition) is 4. The highest BCUT2D eigenvalue weighted by Gasteiger charge is 2.25. The molecule has 3 rings (SSSR count). The second-order valence-corrected chi connectivity index (χ2v) is 6.81. The van der Waals surface area contributed by atoms with Crippen molar-refractivity contribution in [1.29, 1.82) is 0 Å². The molecule has 0 saturated carbocycles. The first kappa shape index (κ1) is 19.0. The average Bonchev–Trinajstić information content (AvgIpc) is 2.68. The zero-order chi connectivity index (χ0) is 19.2. The molecule has 2 heterocycles. The van der Waals surface area contributed by atoms with E-state index in [9.17, 15) is 14.5 Å². The van der Waals surface area contributed by atoms with Crippen molar-refractivity contribution in [2.24, 2.45) is 0 Å². The molecule has 0 atom stereocenters. The summed E-state index contributed by atoms with van der Waals surface area (Å²) >= 11 is 5.34. The molecule has 1 fully saturated rings. The molecule has 0 bridgehead atoms. The van der Waals surface area contributed by atoms with Gasteiger partial charge in [0.1, 0.15) is 5.82 Å². The molecule has 1 saturated heterocycles. The first-order chi connectivity index (χ1) is 13.0. The first-order valence-electron chi connectivity index (χ1n) is 8.71. The summed E-state index contributed by atoms with van der Waals surface area (Å²) in [6, 6.07) is 9.82. The molecule has 1 aliphatic rings. The summed E-state index contributed by atoms with van der Waals surface area (Å²) in [5, 5.41) is 17.8. The van der Waals surface area contributed by atoms with Gasteiger partial charge in [0.25, 0.3) is 5.82 Å². The van der Waals surface area contributed by atoms with Crippen LogP contribution in [-0.2, 0) is 6.54 Å². The van der Waals surface area contributed by atoms with E-state index in [-0.39, 0.29) is 17.5 Å². The van der Waals surface area contributed by atoms with E-state index in [1.54, 1.807) is 18.2 Å². The maximum absolute atomic E-state index is 12.9. The fourth-order valence-corrected chi connectivity index (χ4v) is 3.24. The van der Waals surface area contributed by atoms with Crippen molar-refractivity contribution in [2.45, 2.75) is 25.4 Å². The Morgan fingerprint density at radius 2 is 1.96 bits per heavy atom. The van der Waals surface area contributed by atoms with Crippen molar-refractivity contribution < 1.29 is 14.3 Å². The molecule has 0 unspecified atom stereocenters. The van der Waals surface area contributed by atoms with E-state index in [0.29, 0.717) is 11.7 Å². The Labute approximate surface area is 161 Å². The third-order valence-electron chi connectivity index (χ3n) is 4.53. The van der Waals surface area contributed by atoms with Crippen LogP contribution in [0, 0.1) is 15.9 Å². The molecule has 1 aliphatic heterocycles. The first-order valence-corrected chi connectivity index (χ1v) is 9.12. The van der Waals surface area contributed by atoms with Crippen LogP contribution in [0.3, 0.4) is 0 Å². The number of aromatic amines is 1. The van der Waals surface area contributed by atoms with Gasteiger partial charge in [0.05, 0.1) is 18.0 Å². The number of nitro groups is 1. The second kappa shape index (κ2) is 8.72. The molecular formula is C18H21FN5O2S+. The number of hydrogen-bond donors (Lipinski definition) is 2. The third kappa shape index (κ3) is 5.33. The Balaban J connectivity index is 1.42. The standard InChI is InChI=1S/C18H20FN5O2S/c19-14-3-1-13(2-4-14)11-21-18(27)22-15-7-9-23(10-8-15)17-6-5-16(12-20-17)24(25)26/h1-6,12,15H,7-11H2,(H2,21,22,27)/p+1. The van der Waals surface area contributed by atoms with Crippen LogP contribution in [0.25, 0.3) is 0 Å². The predicted molar refractivity (Wildman–Crippen MR) is 104 cm³/mol. The molecule has 27 heavy (non-hydrogen) atoms. The van der Waals surface area contributed by atoms with Gasteiger partial charge in [-0.2, -0.15) is 0 Å². The lowest BCUT2D eigenvalue weighted by molar-refractivity contribution is -0.414. The Hall–Kier alpha value is -2.81. The van der Waals surface area contributed by atoms with Crippen molar-refractivity contribution in [1.82, 2.24) is 10.6 Å². The number of rotatable bonds is 5. The van der Waals surface area contributed by atoms with Crippen LogP contribution >= 0.6 is 12.2 Å². The Morgan fingerprint density at radius 1 is 1.26 bits per heavy atom. The van der Waals surface area contributed by atoms with E-state index in [1.807, 2.05) is 0 Å². The average molecular weight is 390 g/mol. The topological polar surface area (TPSA) is 84.6 Å². The monoisotopic (exact) mass is 390 g/mol. The van der Waals surface area contributed by atoms with Gasteiger partial charge in [0, 0.05) is 37.6 Å². The van der Waals surface area contributed by atoms with E-state index in [2.05, 4.69) is 20.5 Å². The maximum atomic E-state index is 12.9. The molecule has 0 amide bonds. The van der Waals surface area contributed by atoms with Gasteiger partial charge in [0.15, 0.2) is 11.3 Å². The van der Waals surface area contributed by atoms with Crippen molar-refractivity contribution in [2.75, 3.05) is 18.0 Å². The fraction of sp³-hybridized carbons (Fsp3) is 0.333. The highest BCUT2D eigenvalue weighted by atomic mass is 32.1. The van der Waals surface area contributed by atoms with Crippen molar-refractivity contribution >= 4 is 28.8 Å². The summed E-state index contributed by atoms with van der Waals surface area (Å²) in [7, 11) is 0. The highest BCUT2D eigenvalue weighted by molar-refractivity contribution is 7.80. The predicted octanol–water partition coefficient (Wildman–Crippen LogP) is 2.18. The van der Waals surface area contributed by atoms with Crippen LogP contribution in [0.2, 0.25) is 0 Å². The summed E-state index contributed by atoms with van der Waals surface area (Å²) in [6.07, 6.45) is 3.22. The lowest BCUT2D eigenvalue weighted by Crippen LogP contribution is -2.48. The van der Waals surface area contributed by atoms with Gasteiger partial charge in [-0.15, -0.1) is 0 Å². The van der Waals surface area contributed by atoms with Gasteiger partial charge in [-0.05, 0) is 29.9 Å². The number of piperidine rings is 1. The lowest BCUT2D eigenvalue weighted by atomic mass is 10.1. The third-order valence-corrected chi connectivity index (χ3v) is 4.79. The Morgan fingerprint density at radius 3 is 2.56 bits per heavy atom. The highest BCUT2D eigenvalue weighted by Crippen LogP contribution is 2.17. The number of H-pyrrole nitrogens is 1. The van der Waals surface area contributed by atoms with Gasteiger partial charge >= 0.3 is 5.69 Å². The normalized spacial score (nSPS) is 14.6. The molecule has 0 spiro atoms. The van der Waals surface area contributed by atoms with E-state index in [4.69, 9.17) is 12.2 Å². The van der Waals surface area contributed by atoms with Gasteiger partial charge in [-0.1, -0.05) is 12.1 Å². The van der Waals surface area contributed by atoms with Crippen LogP contribution in [0.1, 0.15) is 18.4 Å². The molecular weight excluding hydrogens is 369 g/mol. The van der Waals surface area contributed by atoms with E-state index < -0.39 is 4.92 Å². The zero-order valence-electron chi connectivity index (χ0n) is 14.7. The lowest BCUT2D eigenvalue weighted by Gasteiger charge is -2.29. The quantitative estimate of drug-likeness (QED) is 0.463. The van der Waals surface area contributed by atoms with E-state index in [0.717, 1.165) is 37.3 Å². The van der Waals surface area contributed by atoms with Crippen molar-refractivity contribution in [3.8, 4) is 0 Å². The molecule has 1 aromatic heterocycles. The van der Waals surface area contributed by atoms with Crippen LogP contribution < -0.4 is 20.5 Å². The van der Waals surface area contributed by atoms with Gasteiger partial charge in [-0.25, -0.2) is 9.37 Å². The Bertz CT molecular complexity index is 792. The number of aromatic nitrogens is 1. The summed E-state index contributed by atoms with van der Waals surface area (Å²) in [4.78, 5) is 15.5. The molecule has 7 nitrogen and oxygen atoms in total. The largest absolute Gasteiger partial charge is 0.360 e. The minimum absolute atomic E-state index is 0.0490. The minimum Gasteiger partial charge on any atom is -0.360 e. The van der Waals surface area contributed by atoms with Crippen LogP contribution in [0.15, 0.2) is 42.6 Å². The van der Waals surface area contributed by atoms with Crippen LogP contribution in [0.5, 0.6) is 0 Å². The molecule has 0 radical (unpaired) electrons. The number of anilines is 1. The summed E-state index contributed by atoms with van der Waals surface area (Å²) in [5.74, 6) is 0.618. The SMILES string of the molecule is O=[N+]([O-])c1ccc(N2CCC(NC(=S)NCc3ccc(F)cc3)CC2)[nH+]c1. The minimum atomic E-state index is -0.420. The number of halogens is 1. The Kier molecular flexibility index (Phi) is 6.12. The molecule has 1 aromatic carbocycles. The summed E-state index contributed by atoms with van der Waals surface area (Å²) in [5.41, 5.74) is 1.01. The van der Waals surface area contributed by atoms with Gasteiger partial charge in [0.2, 0.25) is 0 Å². The number of benzene rings is 1. The summed E-state index contributed by atoms with van der Waals surface area (Å²) < 4.78 is 12.9. The molecule has 9 heteroatoms. The van der Waals surface area contributed by atoms with Gasteiger partial charge in [-0.3, -0.25) is 15.0 Å². The van der Waals surface area contributed by atoms with Crippen molar-refractivity contribution in [3.05, 3.63) is 64.1 Å². The summed E-state index contributed by atoms with van der Waals surface area (Å²) in [6.45, 7) is 2.20. The molecule has 2 aromatic rings. The molecule has 3 N–H and O–H groups in total. The van der Waals surface area contributed by atoms with Gasteiger partial charge < -0.3 is 10.6 Å². The number of thiocarbonyl (C=S) groups is 1. The fourth-order valence-electron chi connectivity index (χ4n) is 3.00. The van der Waals surface area contributed by atoms with Crippen molar-refractivity contribution in [3.63, 3.8) is 0 Å². The smallest absolute Gasteiger partial charge is 0.308 e. The number of nitrogens with zero attached hydrogens (tertiary/aromatic N) is 2. The van der Waals surface area contributed by atoms with Crippen LogP contribution in [0.4, 0.5) is 15.9 Å². The zero-order valence-corrected chi connectivity index (χ0v) is 15.5. The molecule has 142 valence electrons. The number of pyridine rings is 1. The second-order valence-electron chi connectivity index (χ2n) is 6.40. The van der Waals surface area contributed by atoms with E-state index in [1.165, 1.54) is 24.4 Å². The number of nitrogens with one attached hydrogen (secondary N) is 3. The maximum Gasteiger partial charge on any atom is 0.308 e. The molecule has 0 aliphatic carbocycles.